The molecule has 2 aromatic carbocycles. The minimum Gasteiger partial charge on any atom is -0.493 e. The molecule has 1 aliphatic rings. The summed E-state index contributed by atoms with van der Waals surface area (Å²) in [4.78, 5) is 8.92. The molecule has 0 aliphatic carbocycles. The molecule has 0 saturated carbocycles. The Morgan fingerprint density at radius 2 is 1.94 bits per heavy atom. The summed E-state index contributed by atoms with van der Waals surface area (Å²) in [7, 11) is 0. The highest BCUT2D eigenvalue weighted by atomic mass is 35.5. The molecular weight excluding hydrogens is 412 g/mol. The number of fused-ring (bicyclic) bond motifs is 6. The molecule has 156 valence electrons. The highest BCUT2D eigenvalue weighted by molar-refractivity contribution is 6.32. The first-order chi connectivity index (χ1) is 15.0. The maximum atomic E-state index is 6.33. The molecule has 0 amide bonds. The Kier molecular flexibility index (Phi) is 4.95. The van der Waals surface area contributed by atoms with Gasteiger partial charge >= 0.3 is 0 Å². The summed E-state index contributed by atoms with van der Waals surface area (Å²) in [5.41, 5.74) is 7.02. The third kappa shape index (κ3) is 4.04. The molecule has 6 bridgehead atoms. The van der Waals surface area contributed by atoms with Crippen LogP contribution in [0.5, 0.6) is 5.75 Å². The molecule has 0 saturated heterocycles. The first kappa shape index (κ1) is 19.4. The molecule has 7 nitrogen and oxygen atoms in total. The van der Waals surface area contributed by atoms with Gasteiger partial charge in [0, 0.05) is 35.1 Å². The predicted molar refractivity (Wildman–Crippen MR) is 123 cm³/mol. The van der Waals surface area contributed by atoms with Gasteiger partial charge in [0.05, 0.1) is 18.5 Å². The SMILES string of the molecule is Cc1n[nH]c(C)c1-c1cc2cc(c1)Nc1ncc(Cl)c(n1)Nc1cccc(c1)OCC2. The van der Waals surface area contributed by atoms with Crippen LogP contribution in [0.4, 0.5) is 23.1 Å². The van der Waals surface area contributed by atoms with Crippen molar-refractivity contribution in [2.75, 3.05) is 17.2 Å². The number of hydrogen-bond donors (Lipinski definition) is 3. The summed E-state index contributed by atoms with van der Waals surface area (Å²) >= 11 is 6.33. The molecule has 0 spiro atoms. The molecule has 2 aromatic heterocycles. The number of aryl methyl sites for hydroxylation is 2. The van der Waals surface area contributed by atoms with Crippen molar-refractivity contribution in [1.29, 1.82) is 0 Å². The zero-order chi connectivity index (χ0) is 21.4. The van der Waals surface area contributed by atoms with Crippen molar-refractivity contribution >= 4 is 34.7 Å². The number of aromatic nitrogens is 4. The minimum absolute atomic E-state index is 0.433. The normalized spacial score (nSPS) is 12.9. The maximum absolute atomic E-state index is 6.33. The van der Waals surface area contributed by atoms with E-state index >= 15 is 0 Å². The third-order valence-corrected chi connectivity index (χ3v) is 5.44. The van der Waals surface area contributed by atoms with Crippen LogP contribution in [-0.4, -0.2) is 26.8 Å². The van der Waals surface area contributed by atoms with Crippen LogP contribution < -0.4 is 15.4 Å². The van der Waals surface area contributed by atoms with Crippen molar-refractivity contribution in [3.8, 4) is 16.9 Å². The van der Waals surface area contributed by atoms with Crippen LogP contribution in [0.2, 0.25) is 5.02 Å². The van der Waals surface area contributed by atoms with Crippen LogP contribution >= 0.6 is 11.6 Å². The van der Waals surface area contributed by atoms with Crippen LogP contribution in [0.1, 0.15) is 17.0 Å². The van der Waals surface area contributed by atoms with E-state index in [1.165, 1.54) is 0 Å². The Bertz CT molecular complexity index is 1250. The maximum Gasteiger partial charge on any atom is 0.229 e. The third-order valence-electron chi connectivity index (χ3n) is 5.17. The molecule has 0 atom stereocenters. The first-order valence-corrected chi connectivity index (χ1v) is 10.4. The van der Waals surface area contributed by atoms with E-state index < -0.39 is 0 Å². The molecule has 3 N–H and O–H groups in total. The van der Waals surface area contributed by atoms with Gasteiger partial charge in [0.15, 0.2) is 5.82 Å². The van der Waals surface area contributed by atoms with Crippen molar-refractivity contribution in [3.63, 3.8) is 0 Å². The smallest absolute Gasteiger partial charge is 0.229 e. The molecule has 31 heavy (non-hydrogen) atoms. The van der Waals surface area contributed by atoms with Gasteiger partial charge in [-0.15, -0.1) is 0 Å². The molecule has 0 unspecified atom stereocenters. The van der Waals surface area contributed by atoms with E-state index in [9.17, 15) is 0 Å². The highest BCUT2D eigenvalue weighted by Crippen LogP contribution is 2.32. The van der Waals surface area contributed by atoms with Gasteiger partial charge in [-0.05, 0) is 49.2 Å². The number of nitrogens with one attached hydrogen (secondary N) is 3. The van der Waals surface area contributed by atoms with Crippen molar-refractivity contribution in [2.24, 2.45) is 0 Å². The second-order valence-electron chi connectivity index (χ2n) is 7.49. The van der Waals surface area contributed by atoms with Gasteiger partial charge in [-0.1, -0.05) is 23.7 Å². The summed E-state index contributed by atoms with van der Waals surface area (Å²) < 4.78 is 6.01. The van der Waals surface area contributed by atoms with Crippen molar-refractivity contribution in [3.05, 3.63) is 70.6 Å². The topological polar surface area (TPSA) is 87.8 Å². The summed E-state index contributed by atoms with van der Waals surface area (Å²) in [5, 5.41) is 14.4. The second kappa shape index (κ2) is 7.92. The Labute approximate surface area is 184 Å². The molecule has 5 rings (SSSR count). The number of halogens is 1. The van der Waals surface area contributed by atoms with E-state index in [0.717, 1.165) is 51.6 Å². The first-order valence-electron chi connectivity index (χ1n) is 10.0. The Morgan fingerprint density at radius 3 is 2.77 bits per heavy atom. The number of benzene rings is 2. The number of H-pyrrole nitrogens is 1. The lowest BCUT2D eigenvalue weighted by Crippen LogP contribution is -2.05. The van der Waals surface area contributed by atoms with Gasteiger partial charge in [0.2, 0.25) is 5.95 Å². The van der Waals surface area contributed by atoms with Gasteiger partial charge in [0.25, 0.3) is 0 Å². The predicted octanol–water partition coefficient (Wildman–Crippen LogP) is 5.56. The highest BCUT2D eigenvalue weighted by Gasteiger charge is 2.14. The van der Waals surface area contributed by atoms with Crippen LogP contribution in [0.25, 0.3) is 11.1 Å². The van der Waals surface area contributed by atoms with E-state index in [1.54, 1.807) is 6.20 Å². The summed E-state index contributed by atoms with van der Waals surface area (Å²) in [6, 6.07) is 14.1. The summed E-state index contributed by atoms with van der Waals surface area (Å²) in [6.07, 6.45) is 2.34. The molecule has 3 heterocycles. The fourth-order valence-corrected chi connectivity index (χ4v) is 3.90. The number of hydrogen-bond acceptors (Lipinski definition) is 6. The zero-order valence-electron chi connectivity index (χ0n) is 17.2. The van der Waals surface area contributed by atoms with Gasteiger partial charge in [-0.3, -0.25) is 5.10 Å². The molecule has 0 fully saturated rings. The molecule has 4 aromatic rings. The standard InChI is InChI=1S/C23H21ClN6O/c1-13-21(14(2)30-29-13)16-8-15-6-7-31-19-5-3-4-17(11-19)26-22-20(24)12-25-23(28-22)27-18(9-15)10-16/h3-5,8-12H,6-7H2,1-2H3,(H,29,30)(H2,25,26,27,28). The van der Waals surface area contributed by atoms with Crippen molar-refractivity contribution in [1.82, 2.24) is 20.2 Å². The molecule has 0 radical (unpaired) electrons. The van der Waals surface area contributed by atoms with Crippen LogP contribution in [0.3, 0.4) is 0 Å². The lowest BCUT2D eigenvalue weighted by Gasteiger charge is -2.15. The monoisotopic (exact) mass is 432 g/mol. The lowest BCUT2D eigenvalue weighted by molar-refractivity contribution is 0.322. The Hall–Kier alpha value is -3.58. The number of ether oxygens (including phenoxy) is 1. The van der Waals surface area contributed by atoms with E-state index in [2.05, 4.69) is 49.0 Å². The molecule has 8 heteroatoms. The van der Waals surface area contributed by atoms with Gasteiger partial charge in [-0.2, -0.15) is 10.1 Å². The van der Waals surface area contributed by atoms with Gasteiger partial charge in [-0.25, -0.2) is 4.98 Å². The van der Waals surface area contributed by atoms with E-state index in [-0.39, 0.29) is 0 Å². The van der Waals surface area contributed by atoms with Crippen molar-refractivity contribution < 1.29 is 4.74 Å². The van der Waals surface area contributed by atoms with Crippen molar-refractivity contribution in [2.45, 2.75) is 20.3 Å². The number of nitrogens with zero attached hydrogens (tertiary/aromatic N) is 3. The number of aromatic amines is 1. The largest absolute Gasteiger partial charge is 0.493 e. The fraction of sp³-hybridized carbons (Fsp3) is 0.174. The quantitative estimate of drug-likeness (QED) is 0.365. The van der Waals surface area contributed by atoms with Crippen LogP contribution in [0.15, 0.2) is 48.7 Å². The lowest BCUT2D eigenvalue weighted by atomic mass is 9.99. The second-order valence-corrected chi connectivity index (χ2v) is 7.90. The fourth-order valence-electron chi connectivity index (χ4n) is 3.76. The molecule has 1 aliphatic heterocycles. The summed E-state index contributed by atoms with van der Waals surface area (Å²) in [5.74, 6) is 1.76. The van der Waals surface area contributed by atoms with E-state index in [1.807, 2.05) is 38.1 Å². The van der Waals surface area contributed by atoms with Crippen LogP contribution in [-0.2, 0) is 6.42 Å². The number of rotatable bonds is 1. The zero-order valence-corrected chi connectivity index (χ0v) is 17.9. The van der Waals surface area contributed by atoms with E-state index in [0.29, 0.717) is 23.4 Å². The molecular formula is C23H21ClN6O. The van der Waals surface area contributed by atoms with Gasteiger partial charge < -0.3 is 15.4 Å². The van der Waals surface area contributed by atoms with Gasteiger partial charge in [0.1, 0.15) is 10.8 Å². The Morgan fingerprint density at radius 1 is 1.03 bits per heavy atom. The van der Waals surface area contributed by atoms with E-state index in [4.69, 9.17) is 16.3 Å². The minimum atomic E-state index is 0.433. The Balaban J connectivity index is 1.61. The summed E-state index contributed by atoms with van der Waals surface area (Å²) in [6.45, 7) is 4.58. The average Bonchev–Trinajstić information content (AvgIpc) is 3.08. The number of anilines is 4. The van der Waals surface area contributed by atoms with Crippen LogP contribution in [0, 0.1) is 13.8 Å². The average molecular weight is 433 g/mol.